The van der Waals surface area contributed by atoms with Gasteiger partial charge < -0.3 is 59.1 Å². The van der Waals surface area contributed by atoms with Crippen LogP contribution in [0.5, 0.6) is 17.2 Å². The van der Waals surface area contributed by atoms with Gasteiger partial charge in [-0.05, 0) is 102 Å². The summed E-state index contributed by atoms with van der Waals surface area (Å²) in [4.78, 5) is 73.0. The minimum atomic E-state index is -2.54. The molecule has 1 aromatic rings. The van der Waals surface area contributed by atoms with Crippen molar-refractivity contribution in [2.45, 2.75) is 179 Å². The number of methoxy groups -OCH3 is 5. The van der Waals surface area contributed by atoms with Crippen LogP contribution >= 0.6 is 0 Å². The smallest absolute Gasteiger partial charge is 0.329 e. The van der Waals surface area contributed by atoms with Gasteiger partial charge in [0.15, 0.2) is 5.78 Å². The third kappa shape index (κ3) is 15.3. The molecule has 2 bridgehead atoms. The van der Waals surface area contributed by atoms with E-state index < -0.39 is 95.8 Å². The minimum Gasteiger partial charge on any atom is -0.496 e. The van der Waals surface area contributed by atoms with Crippen LogP contribution in [0.1, 0.15) is 130 Å². The Balaban J connectivity index is 1.56. The number of rotatable bonds is 9. The normalized spacial score (nSPS) is 36.4. The van der Waals surface area contributed by atoms with E-state index in [9.17, 15) is 39.3 Å². The largest absolute Gasteiger partial charge is 0.496 e. The number of benzene rings is 1. The van der Waals surface area contributed by atoms with Gasteiger partial charge in [-0.15, -0.1) is 0 Å². The van der Waals surface area contributed by atoms with Crippen LogP contribution < -0.4 is 19.9 Å². The Hall–Kier alpha value is -4.75. The predicted octanol–water partition coefficient (Wildman–Crippen LogP) is 6.67. The number of carbonyl (C=O) groups excluding carboxylic acids is 5. The number of allylic oxidation sites excluding steroid dienone is 7. The van der Waals surface area contributed by atoms with Crippen molar-refractivity contribution in [2.24, 2.45) is 35.3 Å². The fraction of sp³-hybridized carbons (Fsp3) is 0.672. The molecule has 3 aliphatic heterocycles. The maximum Gasteiger partial charge on any atom is 0.329 e. The van der Waals surface area contributed by atoms with E-state index in [4.69, 9.17) is 38.9 Å². The molecule has 1 aliphatic carbocycles. The van der Waals surface area contributed by atoms with E-state index in [0.717, 1.165) is 10.5 Å². The van der Waals surface area contributed by atoms with E-state index in [-0.39, 0.29) is 49.2 Å². The quantitative estimate of drug-likeness (QED) is 0.115. The van der Waals surface area contributed by atoms with Gasteiger partial charge in [0.1, 0.15) is 47.4 Å². The molecule has 1 unspecified atom stereocenters. The second-order valence-electron chi connectivity index (χ2n) is 21.6. The number of piperidine rings is 1. The summed E-state index contributed by atoms with van der Waals surface area (Å²) in [5.41, 5.74) is 8.78. The lowest BCUT2D eigenvalue weighted by Crippen LogP contribution is -2.61. The number of Topliss-reactive ketones (excluding diaryl/α,β-unsaturated/α-hetero) is 3. The molecule has 3 fully saturated rings. The molecule has 1 saturated carbocycles. The Labute approximate surface area is 444 Å². The number of aliphatic hydroxyl groups excluding tert-OH is 2. The Morgan fingerprint density at radius 2 is 1.51 bits per heavy atom. The highest BCUT2D eigenvalue weighted by Crippen LogP contribution is 2.46. The third-order valence-electron chi connectivity index (χ3n) is 16.1. The van der Waals surface area contributed by atoms with Gasteiger partial charge in [0.2, 0.25) is 5.79 Å². The first-order valence-corrected chi connectivity index (χ1v) is 26.8. The van der Waals surface area contributed by atoms with Crippen LogP contribution in [0.15, 0.2) is 59.7 Å². The zero-order valence-corrected chi connectivity index (χ0v) is 46.2. The van der Waals surface area contributed by atoms with Gasteiger partial charge in [-0.3, -0.25) is 19.2 Å². The molecular formula is C58H86N2O15. The maximum atomic E-state index is 14.6. The number of hydrogen-bond donors (Lipinski definition) is 4. The standard InChI is InChI=1S/C58H86N2O15/c1-33-17-13-12-14-18-34(2)42(51-49(71-9)30-41(69-7)31-50(51)72-10)29-40-22-20-38(6)58(68,75-40)55(65)56(66)60-24-16-15-19-44(60)57(67)74-47(43(59)27-39-21-23-45(61)48(28-39)70-8)32-46(62)35(3)26-37(5)53(64)54(73-11)52(63)36(4)25-33/h12-14,17-18,26,30-31,33,35-36,38-40,42-45,47-48,53-54,61,64,68H,15-16,19-25,27-29,32,59H2,1-11H3/b14-12+,17-13+,34-18+,37-26+/t33-,35-,36-,38-,39+,40+,42?,43-,44+,45-,47+,48-,53-,54+,58-/m1/s1. The number of cyclic esters (lactones) is 1. The zero-order chi connectivity index (χ0) is 55.3. The van der Waals surface area contributed by atoms with Crippen molar-refractivity contribution in [3.8, 4) is 17.2 Å². The van der Waals surface area contributed by atoms with E-state index in [1.54, 1.807) is 67.2 Å². The molecule has 0 aromatic heterocycles. The molecule has 17 nitrogen and oxygen atoms in total. The summed E-state index contributed by atoms with van der Waals surface area (Å²) in [6.45, 7) is 10.7. The van der Waals surface area contributed by atoms with E-state index in [0.29, 0.717) is 86.2 Å². The molecule has 17 heteroatoms. The Bertz CT molecular complexity index is 2230. The molecule has 2 saturated heterocycles. The molecule has 5 rings (SSSR count). The zero-order valence-electron chi connectivity index (χ0n) is 46.2. The van der Waals surface area contributed by atoms with Crippen molar-refractivity contribution in [1.82, 2.24) is 4.90 Å². The summed E-state index contributed by atoms with van der Waals surface area (Å²) in [6, 6.07) is 1.40. The van der Waals surface area contributed by atoms with Crippen molar-refractivity contribution in [1.29, 1.82) is 0 Å². The fourth-order valence-electron chi connectivity index (χ4n) is 11.4. The number of nitrogens with zero attached hydrogens (tertiary/aromatic N) is 1. The first kappa shape index (κ1) is 61.1. The van der Waals surface area contributed by atoms with Crippen LogP contribution in [0, 0.1) is 29.6 Å². The lowest BCUT2D eigenvalue weighted by Gasteiger charge is -2.43. The van der Waals surface area contributed by atoms with Gasteiger partial charge in [0, 0.05) is 74.6 Å². The number of aliphatic hydroxyl groups is 3. The first-order chi connectivity index (χ1) is 35.6. The van der Waals surface area contributed by atoms with Crippen molar-refractivity contribution in [2.75, 3.05) is 42.1 Å². The summed E-state index contributed by atoms with van der Waals surface area (Å²) >= 11 is 0. The second-order valence-corrected chi connectivity index (χ2v) is 21.6. The summed E-state index contributed by atoms with van der Waals surface area (Å²) in [5.74, 6) is -7.52. The molecular weight excluding hydrogens is 965 g/mol. The first-order valence-electron chi connectivity index (χ1n) is 26.8. The van der Waals surface area contributed by atoms with Crippen molar-refractivity contribution in [3.05, 3.63) is 65.3 Å². The Morgan fingerprint density at radius 3 is 2.15 bits per heavy atom. The molecule has 0 radical (unpaired) electrons. The van der Waals surface area contributed by atoms with Crippen LogP contribution in [0.2, 0.25) is 0 Å². The number of amides is 1. The predicted molar refractivity (Wildman–Crippen MR) is 282 cm³/mol. The summed E-state index contributed by atoms with van der Waals surface area (Å²) < 4.78 is 41.2. The van der Waals surface area contributed by atoms with E-state index >= 15 is 0 Å². The molecule has 3 heterocycles. The highest BCUT2D eigenvalue weighted by molar-refractivity contribution is 6.39. The van der Waals surface area contributed by atoms with Crippen LogP contribution in [0.4, 0.5) is 0 Å². The third-order valence-corrected chi connectivity index (χ3v) is 16.1. The summed E-state index contributed by atoms with van der Waals surface area (Å²) in [7, 11) is 7.52. The van der Waals surface area contributed by atoms with Crippen molar-refractivity contribution in [3.63, 3.8) is 0 Å². The van der Waals surface area contributed by atoms with E-state index in [1.807, 2.05) is 44.2 Å². The number of ether oxygens (including phenoxy) is 7. The second kappa shape index (κ2) is 28.0. The molecule has 418 valence electrons. The van der Waals surface area contributed by atoms with Gasteiger partial charge in [-0.2, -0.15) is 0 Å². The highest BCUT2D eigenvalue weighted by atomic mass is 16.6. The van der Waals surface area contributed by atoms with Crippen LogP contribution in [0.25, 0.3) is 0 Å². The van der Waals surface area contributed by atoms with Gasteiger partial charge in [-0.25, -0.2) is 4.79 Å². The Morgan fingerprint density at radius 1 is 0.813 bits per heavy atom. The molecule has 75 heavy (non-hydrogen) atoms. The van der Waals surface area contributed by atoms with Crippen LogP contribution in [-0.4, -0.2) is 146 Å². The molecule has 5 N–H and O–H groups in total. The van der Waals surface area contributed by atoms with E-state index in [1.165, 1.54) is 14.2 Å². The average molecular weight is 1050 g/mol. The number of esters is 1. The van der Waals surface area contributed by atoms with Crippen LogP contribution in [0.3, 0.4) is 0 Å². The lowest BCUT2D eigenvalue weighted by molar-refractivity contribution is -0.264. The summed E-state index contributed by atoms with van der Waals surface area (Å²) in [5, 5.41) is 34.4. The molecule has 15 atom stereocenters. The monoisotopic (exact) mass is 1050 g/mol. The maximum absolute atomic E-state index is 14.6. The number of nitrogens with two attached hydrogens (primary N) is 1. The van der Waals surface area contributed by atoms with E-state index in [2.05, 4.69) is 0 Å². The number of ketones is 3. The SMILES string of the molecule is COc1cc(OC)c(C2C[C@@H]3CC[C@@H](C)[C@@](O)(O3)C(=O)C(=O)N3CCCC[C@H]3C(=O)O[C@H]([C@H](N)C[C@@H]3CC[C@@H](O)[C@H](OC)C3)CC(=O)[C@H](C)/C=C(\C)[C@@H](O)[C@@H](OC)C(=O)[C@H](C)C[C@H](C)/C=C/C=C/C=C/2C)c(OC)c1. The Kier molecular flexibility index (Phi) is 22.8. The van der Waals surface area contributed by atoms with Gasteiger partial charge in [0.25, 0.3) is 11.7 Å². The number of carbonyl (C=O) groups is 5. The number of hydrogen-bond acceptors (Lipinski definition) is 16. The van der Waals surface area contributed by atoms with Gasteiger partial charge in [0.05, 0.1) is 39.6 Å². The molecule has 1 aromatic carbocycles. The fourth-order valence-corrected chi connectivity index (χ4v) is 11.4. The summed E-state index contributed by atoms with van der Waals surface area (Å²) in [6.07, 6.45) is 9.85. The highest BCUT2D eigenvalue weighted by Gasteiger charge is 2.53. The lowest BCUT2D eigenvalue weighted by atomic mass is 9.80. The topological polar surface area (TPSA) is 240 Å². The van der Waals surface area contributed by atoms with Gasteiger partial charge in [-0.1, -0.05) is 69.7 Å². The van der Waals surface area contributed by atoms with Gasteiger partial charge >= 0.3 is 5.97 Å². The minimum absolute atomic E-state index is 0.0224. The van der Waals surface area contributed by atoms with Crippen molar-refractivity contribution >= 4 is 29.2 Å². The molecule has 0 spiro atoms. The average Bonchev–Trinajstić information content (AvgIpc) is 3.40. The van der Waals surface area contributed by atoms with Crippen molar-refractivity contribution < 1.29 is 72.5 Å². The van der Waals surface area contributed by atoms with Crippen LogP contribution in [-0.2, 0) is 42.9 Å². The molecule has 4 aliphatic rings. The number of fused-ring (bicyclic) bond motifs is 3. The molecule has 1 amide bonds.